The molecule has 20 heavy (non-hydrogen) atoms. The van der Waals surface area contributed by atoms with Crippen molar-refractivity contribution in [2.24, 2.45) is 5.92 Å². The van der Waals surface area contributed by atoms with E-state index in [0.29, 0.717) is 12.1 Å². The Kier molecular flexibility index (Phi) is 4.03. The van der Waals surface area contributed by atoms with Gasteiger partial charge in [0.2, 0.25) is 6.41 Å². The number of hydrogen-bond donors (Lipinski definition) is 1. The summed E-state index contributed by atoms with van der Waals surface area (Å²) in [5.41, 5.74) is 0.624. The molecule has 1 atom stereocenters. The highest BCUT2D eigenvalue weighted by Crippen LogP contribution is 2.28. The zero-order valence-electron chi connectivity index (χ0n) is 11.5. The number of hydrogen-bond acceptors (Lipinski definition) is 2. The number of amides is 1. The molecule has 1 unspecified atom stereocenters. The number of benzene rings is 2. The predicted octanol–water partition coefficient (Wildman–Crippen LogP) is 2.91. The highest BCUT2D eigenvalue weighted by molar-refractivity contribution is 6.01. The molecule has 0 heterocycles. The molecule has 0 saturated heterocycles. The number of carboxylic acids is 1. The van der Waals surface area contributed by atoms with Crippen molar-refractivity contribution in [1.29, 1.82) is 0 Å². The van der Waals surface area contributed by atoms with Crippen LogP contribution in [0.3, 0.4) is 0 Å². The van der Waals surface area contributed by atoms with E-state index < -0.39 is 12.0 Å². The molecule has 2 aromatic carbocycles. The van der Waals surface area contributed by atoms with Crippen LogP contribution in [0.15, 0.2) is 42.5 Å². The molecule has 1 N–H and O–H groups in total. The topological polar surface area (TPSA) is 57.6 Å². The molecule has 0 aliphatic carbocycles. The van der Waals surface area contributed by atoms with Crippen molar-refractivity contribution >= 4 is 28.8 Å². The third-order valence-corrected chi connectivity index (χ3v) is 3.34. The number of carboxylic acid groups (broad SMARTS) is 1. The van der Waals surface area contributed by atoms with E-state index in [4.69, 9.17) is 0 Å². The van der Waals surface area contributed by atoms with Gasteiger partial charge in [0.1, 0.15) is 6.04 Å². The van der Waals surface area contributed by atoms with E-state index in [9.17, 15) is 14.7 Å². The summed E-state index contributed by atoms with van der Waals surface area (Å²) in [6.45, 7) is 3.58. The molecular weight excluding hydrogens is 254 g/mol. The van der Waals surface area contributed by atoms with Crippen molar-refractivity contribution in [2.75, 3.05) is 4.90 Å². The van der Waals surface area contributed by atoms with Crippen LogP contribution in [0.25, 0.3) is 10.8 Å². The number of rotatable bonds is 5. The first kappa shape index (κ1) is 14.1. The van der Waals surface area contributed by atoms with Crippen LogP contribution in [0.2, 0.25) is 0 Å². The highest BCUT2D eigenvalue weighted by Gasteiger charge is 2.29. The maximum atomic E-state index is 11.5. The number of anilines is 1. The maximum absolute atomic E-state index is 11.5. The minimum atomic E-state index is -1.000. The van der Waals surface area contributed by atoms with E-state index in [-0.39, 0.29) is 5.92 Å². The molecule has 0 fully saturated rings. The molecule has 1 amide bonds. The molecule has 2 aromatic rings. The first-order valence-electron chi connectivity index (χ1n) is 6.50. The van der Waals surface area contributed by atoms with E-state index in [2.05, 4.69) is 0 Å². The van der Waals surface area contributed by atoms with Crippen molar-refractivity contribution in [1.82, 2.24) is 0 Å². The van der Waals surface area contributed by atoms with Crippen LogP contribution in [-0.4, -0.2) is 23.5 Å². The Morgan fingerprint density at radius 3 is 2.40 bits per heavy atom. The molecule has 0 aromatic heterocycles. The third-order valence-electron chi connectivity index (χ3n) is 3.34. The summed E-state index contributed by atoms with van der Waals surface area (Å²) in [6.07, 6.45) is 0.598. The van der Waals surface area contributed by atoms with Gasteiger partial charge in [-0.2, -0.15) is 0 Å². The molecule has 4 nitrogen and oxygen atoms in total. The fourth-order valence-electron chi connectivity index (χ4n) is 2.43. The standard InChI is InChI=1S/C16H17NO3/c1-11(2)15(16(19)20)17(10-18)14-9-5-7-12-6-3-4-8-13(12)14/h3-11,15H,1-2H3,(H,19,20). The smallest absolute Gasteiger partial charge is 0.327 e. The second kappa shape index (κ2) is 5.74. The van der Waals surface area contributed by atoms with Gasteiger partial charge in [0.25, 0.3) is 0 Å². The molecule has 0 radical (unpaired) electrons. The molecule has 4 heteroatoms. The minimum absolute atomic E-state index is 0.184. The Morgan fingerprint density at radius 2 is 1.80 bits per heavy atom. The van der Waals surface area contributed by atoms with E-state index in [1.807, 2.05) is 36.4 Å². The summed E-state index contributed by atoms with van der Waals surface area (Å²) in [4.78, 5) is 24.2. The number of carbonyl (C=O) groups excluding carboxylic acids is 1. The lowest BCUT2D eigenvalue weighted by Crippen LogP contribution is -2.44. The SMILES string of the molecule is CC(C)C(C(=O)O)N(C=O)c1cccc2ccccc12. The second-order valence-corrected chi connectivity index (χ2v) is 5.04. The zero-order chi connectivity index (χ0) is 14.7. The van der Waals surface area contributed by atoms with Gasteiger partial charge in [-0.1, -0.05) is 50.2 Å². The van der Waals surface area contributed by atoms with Crippen LogP contribution in [0.1, 0.15) is 13.8 Å². The summed E-state index contributed by atoms with van der Waals surface area (Å²) < 4.78 is 0. The van der Waals surface area contributed by atoms with Gasteiger partial charge in [-0.3, -0.25) is 9.69 Å². The van der Waals surface area contributed by atoms with Gasteiger partial charge in [-0.05, 0) is 17.4 Å². The predicted molar refractivity (Wildman–Crippen MR) is 78.8 cm³/mol. The van der Waals surface area contributed by atoms with Gasteiger partial charge in [0.15, 0.2) is 0 Å². The van der Waals surface area contributed by atoms with Crippen molar-refractivity contribution in [3.63, 3.8) is 0 Å². The van der Waals surface area contributed by atoms with Crippen molar-refractivity contribution < 1.29 is 14.7 Å². The van der Waals surface area contributed by atoms with Crippen LogP contribution in [0.5, 0.6) is 0 Å². The average Bonchev–Trinajstić information content (AvgIpc) is 2.43. The quantitative estimate of drug-likeness (QED) is 0.851. The summed E-state index contributed by atoms with van der Waals surface area (Å²) in [7, 11) is 0. The minimum Gasteiger partial charge on any atom is -0.480 e. The number of aliphatic carboxylic acids is 1. The molecule has 0 aliphatic heterocycles. The van der Waals surface area contributed by atoms with Crippen LogP contribution < -0.4 is 4.90 Å². The van der Waals surface area contributed by atoms with Gasteiger partial charge in [-0.25, -0.2) is 4.79 Å². The van der Waals surface area contributed by atoms with Gasteiger partial charge < -0.3 is 5.11 Å². The van der Waals surface area contributed by atoms with Gasteiger partial charge in [-0.15, -0.1) is 0 Å². The Morgan fingerprint density at radius 1 is 1.15 bits per heavy atom. The van der Waals surface area contributed by atoms with Gasteiger partial charge in [0, 0.05) is 5.39 Å². The Bertz CT molecular complexity index is 631. The largest absolute Gasteiger partial charge is 0.480 e. The lowest BCUT2D eigenvalue weighted by atomic mass is 10.0. The van der Waals surface area contributed by atoms with Crippen LogP contribution in [-0.2, 0) is 9.59 Å². The lowest BCUT2D eigenvalue weighted by molar-refractivity contribution is -0.140. The normalized spacial score (nSPS) is 12.3. The number of fused-ring (bicyclic) bond motifs is 1. The average molecular weight is 271 g/mol. The zero-order valence-corrected chi connectivity index (χ0v) is 11.5. The molecule has 0 spiro atoms. The number of carbonyl (C=O) groups is 2. The lowest BCUT2D eigenvalue weighted by Gasteiger charge is -2.28. The van der Waals surface area contributed by atoms with Crippen molar-refractivity contribution in [2.45, 2.75) is 19.9 Å². The maximum Gasteiger partial charge on any atom is 0.327 e. The summed E-state index contributed by atoms with van der Waals surface area (Å²) in [6, 6.07) is 12.3. The molecule has 0 aliphatic rings. The van der Waals surface area contributed by atoms with Crippen LogP contribution in [0, 0.1) is 5.92 Å². The monoisotopic (exact) mass is 271 g/mol. The fraction of sp³-hybridized carbons (Fsp3) is 0.250. The van der Waals surface area contributed by atoms with Gasteiger partial charge >= 0.3 is 5.97 Å². The first-order chi connectivity index (χ1) is 9.56. The summed E-state index contributed by atoms with van der Waals surface area (Å²) in [5.74, 6) is -1.18. The van der Waals surface area contributed by atoms with Gasteiger partial charge in [0.05, 0.1) is 5.69 Å². The third kappa shape index (κ3) is 2.50. The molecular formula is C16H17NO3. The fourth-order valence-corrected chi connectivity index (χ4v) is 2.43. The second-order valence-electron chi connectivity index (χ2n) is 5.04. The van der Waals surface area contributed by atoms with E-state index in [1.54, 1.807) is 19.9 Å². The van der Waals surface area contributed by atoms with Crippen molar-refractivity contribution in [3.05, 3.63) is 42.5 Å². The Labute approximate surface area is 117 Å². The molecule has 0 saturated carbocycles. The Hall–Kier alpha value is -2.36. The molecule has 104 valence electrons. The van der Waals surface area contributed by atoms with E-state index in [1.165, 1.54) is 4.90 Å². The first-order valence-corrected chi connectivity index (χ1v) is 6.50. The molecule has 0 bridgehead atoms. The highest BCUT2D eigenvalue weighted by atomic mass is 16.4. The van der Waals surface area contributed by atoms with E-state index >= 15 is 0 Å². The summed E-state index contributed by atoms with van der Waals surface area (Å²) in [5, 5.41) is 11.2. The van der Waals surface area contributed by atoms with E-state index in [0.717, 1.165) is 10.8 Å². The summed E-state index contributed by atoms with van der Waals surface area (Å²) >= 11 is 0. The van der Waals surface area contributed by atoms with Crippen LogP contribution >= 0.6 is 0 Å². The molecule has 2 rings (SSSR count). The Balaban J connectivity index is 2.60. The van der Waals surface area contributed by atoms with Crippen LogP contribution in [0.4, 0.5) is 5.69 Å². The van der Waals surface area contributed by atoms with Crippen molar-refractivity contribution in [3.8, 4) is 0 Å². The number of nitrogens with zero attached hydrogens (tertiary/aromatic N) is 1.